The molecule has 2 saturated heterocycles. The molecule has 2 aliphatic rings. The Balaban J connectivity index is 1.63. The van der Waals surface area contributed by atoms with Crippen molar-refractivity contribution < 1.29 is 14.3 Å². The number of carbonyl (C=O) groups is 1. The van der Waals surface area contributed by atoms with Crippen molar-refractivity contribution in [2.75, 3.05) is 31.1 Å². The summed E-state index contributed by atoms with van der Waals surface area (Å²) in [6, 6.07) is 4.96. The van der Waals surface area contributed by atoms with Crippen LogP contribution in [0.2, 0.25) is 0 Å². The number of nitrogens with zero attached hydrogens (tertiary/aromatic N) is 2. The van der Waals surface area contributed by atoms with Crippen LogP contribution in [0.1, 0.15) is 31.2 Å². The number of hydrogen-bond donors (Lipinski definition) is 2. The van der Waals surface area contributed by atoms with Gasteiger partial charge in [-0.15, -0.1) is 0 Å². The average Bonchev–Trinajstić information content (AvgIpc) is 3.06. The highest BCUT2D eigenvalue weighted by Crippen LogP contribution is 2.25. The molecule has 2 N–H and O–H groups in total. The molecule has 2 atom stereocenters. The Kier molecular flexibility index (Phi) is 5.23. The third kappa shape index (κ3) is 3.64. The number of rotatable bonds is 3. The van der Waals surface area contributed by atoms with Gasteiger partial charge in [-0.05, 0) is 50.3 Å². The molecule has 6 heteroatoms. The van der Waals surface area contributed by atoms with Crippen molar-refractivity contribution in [3.8, 4) is 0 Å². The molecule has 1 aromatic rings. The first kappa shape index (κ1) is 17.0. The van der Waals surface area contributed by atoms with Crippen molar-refractivity contribution in [3.63, 3.8) is 0 Å². The number of carbonyl (C=O) groups excluding carboxylic acids is 1. The number of piperidine rings is 1. The number of benzene rings is 1. The monoisotopic (exact) mass is 335 g/mol. The normalized spacial score (nSPS) is 24.3. The van der Waals surface area contributed by atoms with Crippen LogP contribution in [0.3, 0.4) is 0 Å². The highest BCUT2D eigenvalue weighted by atomic mass is 19.1. The van der Waals surface area contributed by atoms with Crippen molar-refractivity contribution >= 4 is 11.7 Å². The second-order valence-electron chi connectivity index (χ2n) is 6.86. The molecule has 2 fully saturated rings. The maximum absolute atomic E-state index is 14.1. The van der Waals surface area contributed by atoms with E-state index < -0.39 is 0 Å². The van der Waals surface area contributed by atoms with Crippen molar-refractivity contribution in [2.45, 2.75) is 44.7 Å². The molecule has 0 bridgehead atoms. The Morgan fingerprint density at radius 1 is 1.33 bits per heavy atom. The fourth-order valence-electron chi connectivity index (χ4n) is 3.73. The predicted molar refractivity (Wildman–Crippen MR) is 91.7 cm³/mol. The fraction of sp³-hybridized carbons (Fsp3) is 0.611. The third-order valence-electron chi connectivity index (χ3n) is 5.04. The molecule has 2 aliphatic heterocycles. The van der Waals surface area contributed by atoms with Crippen molar-refractivity contribution in [1.29, 1.82) is 0 Å². The van der Waals surface area contributed by atoms with Gasteiger partial charge in [-0.3, -0.25) is 0 Å². The summed E-state index contributed by atoms with van der Waals surface area (Å²) in [4.78, 5) is 16.2. The SMILES string of the molecule is Cc1ccc(F)c(N2CCCC(NC(=O)N3CCCC3CO)C2)c1. The van der Waals surface area contributed by atoms with Crippen LogP contribution in [0.5, 0.6) is 0 Å². The van der Waals surface area contributed by atoms with Gasteiger partial charge in [-0.25, -0.2) is 9.18 Å². The molecule has 3 rings (SSSR count). The lowest BCUT2D eigenvalue weighted by molar-refractivity contribution is 0.153. The van der Waals surface area contributed by atoms with Gasteiger partial charge >= 0.3 is 6.03 Å². The zero-order chi connectivity index (χ0) is 17.1. The van der Waals surface area contributed by atoms with Crippen molar-refractivity contribution in [2.24, 2.45) is 0 Å². The quantitative estimate of drug-likeness (QED) is 0.891. The second-order valence-corrected chi connectivity index (χ2v) is 6.86. The Morgan fingerprint density at radius 2 is 2.12 bits per heavy atom. The number of halogens is 1. The number of likely N-dealkylation sites (tertiary alicyclic amines) is 1. The first-order valence-corrected chi connectivity index (χ1v) is 8.77. The molecule has 0 aromatic heterocycles. The molecule has 0 radical (unpaired) electrons. The van der Waals surface area contributed by atoms with Gasteiger partial charge in [0.1, 0.15) is 5.82 Å². The van der Waals surface area contributed by atoms with Gasteiger partial charge in [0.2, 0.25) is 0 Å². The van der Waals surface area contributed by atoms with E-state index in [1.807, 2.05) is 17.9 Å². The molecule has 1 aromatic carbocycles. The molecule has 5 nitrogen and oxygen atoms in total. The Bertz CT molecular complexity index is 596. The lowest BCUT2D eigenvalue weighted by Gasteiger charge is -2.36. The lowest BCUT2D eigenvalue weighted by Crippen LogP contribution is -2.53. The van der Waals surface area contributed by atoms with Crippen molar-refractivity contribution in [1.82, 2.24) is 10.2 Å². The minimum Gasteiger partial charge on any atom is -0.394 e. The Labute approximate surface area is 142 Å². The number of anilines is 1. The van der Waals surface area contributed by atoms with Crippen LogP contribution in [0.25, 0.3) is 0 Å². The molecular formula is C18H26FN3O2. The van der Waals surface area contributed by atoms with Gasteiger partial charge in [0.15, 0.2) is 0 Å². The van der Waals surface area contributed by atoms with Crippen LogP contribution >= 0.6 is 0 Å². The standard InChI is InChI=1S/C18H26FN3O2/c1-13-6-7-16(19)17(10-13)21-8-2-4-14(11-21)20-18(24)22-9-3-5-15(22)12-23/h6-7,10,14-15,23H,2-5,8-9,11-12H2,1H3,(H,20,24). The maximum atomic E-state index is 14.1. The molecule has 0 aliphatic carbocycles. The van der Waals surface area contributed by atoms with Gasteiger partial charge < -0.3 is 20.2 Å². The zero-order valence-corrected chi connectivity index (χ0v) is 14.2. The van der Waals surface area contributed by atoms with E-state index in [4.69, 9.17) is 0 Å². The molecular weight excluding hydrogens is 309 g/mol. The van der Waals surface area contributed by atoms with Gasteiger partial charge in [0.05, 0.1) is 18.3 Å². The molecule has 132 valence electrons. The second kappa shape index (κ2) is 7.38. The number of aliphatic hydroxyl groups excluding tert-OH is 1. The van der Waals surface area contributed by atoms with Gasteiger partial charge in [0, 0.05) is 25.7 Å². The van der Waals surface area contributed by atoms with E-state index in [2.05, 4.69) is 5.32 Å². The Hall–Kier alpha value is -1.82. The summed E-state index contributed by atoms with van der Waals surface area (Å²) in [5.74, 6) is -0.215. The van der Waals surface area contributed by atoms with E-state index in [1.54, 1.807) is 11.0 Å². The number of aryl methyl sites for hydroxylation is 1. The van der Waals surface area contributed by atoms with E-state index in [9.17, 15) is 14.3 Å². The summed E-state index contributed by atoms with van der Waals surface area (Å²) in [6.45, 7) is 4.08. The minimum absolute atomic E-state index is 0.00565. The molecule has 24 heavy (non-hydrogen) atoms. The van der Waals surface area contributed by atoms with E-state index in [1.165, 1.54) is 6.07 Å². The first-order chi connectivity index (χ1) is 11.6. The number of hydrogen-bond acceptors (Lipinski definition) is 3. The van der Waals surface area contributed by atoms with E-state index in [0.29, 0.717) is 18.8 Å². The molecule has 0 saturated carbocycles. The zero-order valence-electron chi connectivity index (χ0n) is 14.2. The van der Waals surface area contributed by atoms with Gasteiger partial charge in [0.25, 0.3) is 0 Å². The number of amides is 2. The summed E-state index contributed by atoms with van der Waals surface area (Å²) in [5, 5.41) is 12.4. The molecule has 2 amide bonds. The van der Waals surface area contributed by atoms with E-state index >= 15 is 0 Å². The molecule has 2 heterocycles. The van der Waals surface area contributed by atoms with Crippen LogP contribution in [-0.4, -0.2) is 54.4 Å². The highest BCUT2D eigenvalue weighted by molar-refractivity contribution is 5.75. The van der Waals surface area contributed by atoms with Gasteiger partial charge in [-0.1, -0.05) is 6.07 Å². The van der Waals surface area contributed by atoms with E-state index in [0.717, 1.165) is 37.8 Å². The summed E-state index contributed by atoms with van der Waals surface area (Å²) in [5.41, 5.74) is 1.64. The number of urea groups is 1. The largest absolute Gasteiger partial charge is 0.394 e. The Morgan fingerprint density at radius 3 is 2.92 bits per heavy atom. The smallest absolute Gasteiger partial charge is 0.318 e. The first-order valence-electron chi connectivity index (χ1n) is 8.77. The van der Waals surface area contributed by atoms with Crippen LogP contribution in [-0.2, 0) is 0 Å². The summed E-state index contributed by atoms with van der Waals surface area (Å²) >= 11 is 0. The maximum Gasteiger partial charge on any atom is 0.318 e. The molecule has 0 spiro atoms. The predicted octanol–water partition coefficient (Wildman–Crippen LogP) is 2.27. The summed E-state index contributed by atoms with van der Waals surface area (Å²) in [6.07, 6.45) is 3.61. The highest BCUT2D eigenvalue weighted by Gasteiger charge is 2.30. The van der Waals surface area contributed by atoms with Gasteiger partial charge in [-0.2, -0.15) is 0 Å². The third-order valence-corrected chi connectivity index (χ3v) is 5.04. The van der Waals surface area contributed by atoms with Crippen LogP contribution in [0.15, 0.2) is 18.2 Å². The van der Waals surface area contributed by atoms with Crippen LogP contribution < -0.4 is 10.2 Å². The average molecular weight is 335 g/mol. The molecule has 2 unspecified atom stereocenters. The lowest BCUT2D eigenvalue weighted by atomic mass is 10.0. The minimum atomic E-state index is -0.215. The topological polar surface area (TPSA) is 55.8 Å². The van der Waals surface area contributed by atoms with E-state index in [-0.39, 0.29) is 30.5 Å². The number of nitrogens with one attached hydrogen (secondary N) is 1. The van der Waals surface area contributed by atoms with Crippen molar-refractivity contribution in [3.05, 3.63) is 29.6 Å². The summed E-state index contributed by atoms with van der Waals surface area (Å²) in [7, 11) is 0. The van der Waals surface area contributed by atoms with Crippen LogP contribution in [0.4, 0.5) is 14.9 Å². The number of aliphatic hydroxyl groups is 1. The van der Waals surface area contributed by atoms with Crippen LogP contribution in [0, 0.1) is 12.7 Å². The summed E-state index contributed by atoms with van der Waals surface area (Å²) < 4.78 is 14.1. The fourth-order valence-corrected chi connectivity index (χ4v) is 3.73.